The molecule has 0 saturated carbocycles. The maximum absolute atomic E-state index is 12.6. The summed E-state index contributed by atoms with van der Waals surface area (Å²) in [5.74, 6) is -0.337. The zero-order valence-corrected chi connectivity index (χ0v) is 7.99. The molecule has 10 heavy (non-hydrogen) atoms. The average molecular weight is 270 g/mol. The highest BCUT2D eigenvalue weighted by Crippen LogP contribution is 2.16. The Bertz CT molecular complexity index is 237. The zero-order valence-electron chi connectivity index (χ0n) is 5.07. The fraction of sp³-hybridized carbons (Fsp3) is 0.143. The summed E-state index contributed by atoms with van der Waals surface area (Å²) in [5.41, 5.74) is 0.961. The van der Waals surface area contributed by atoms with Crippen LogP contribution in [-0.2, 0) is 4.43 Å². The SMILES string of the molecule is Fc1cc(CI)ccc1Cl. The van der Waals surface area contributed by atoms with E-state index in [4.69, 9.17) is 11.6 Å². The van der Waals surface area contributed by atoms with Crippen LogP contribution in [-0.4, -0.2) is 0 Å². The van der Waals surface area contributed by atoms with Gasteiger partial charge in [-0.2, -0.15) is 0 Å². The van der Waals surface area contributed by atoms with Gasteiger partial charge in [-0.15, -0.1) is 0 Å². The Balaban J connectivity index is 3.04. The average Bonchev–Trinajstić information content (AvgIpc) is 1.95. The largest absolute Gasteiger partial charge is 0.205 e. The second-order valence-electron chi connectivity index (χ2n) is 1.88. The van der Waals surface area contributed by atoms with Crippen molar-refractivity contribution in [2.45, 2.75) is 4.43 Å². The third-order valence-corrected chi connectivity index (χ3v) is 2.33. The number of hydrogen-bond donors (Lipinski definition) is 0. The van der Waals surface area contributed by atoms with Crippen LogP contribution in [0.4, 0.5) is 4.39 Å². The van der Waals surface area contributed by atoms with Gasteiger partial charge in [0.25, 0.3) is 0 Å². The molecule has 1 aromatic carbocycles. The fourth-order valence-electron chi connectivity index (χ4n) is 0.623. The molecule has 0 spiro atoms. The summed E-state index contributed by atoms with van der Waals surface area (Å²) in [6.45, 7) is 0. The molecular formula is C7H5ClFI. The molecular weight excluding hydrogens is 265 g/mol. The highest BCUT2D eigenvalue weighted by atomic mass is 127. The lowest BCUT2D eigenvalue weighted by molar-refractivity contribution is 0.627. The molecule has 0 saturated heterocycles. The summed E-state index contributed by atoms with van der Waals surface area (Å²) in [4.78, 5) is 0. The van der Waals surface area contributed by atoms with E-state index in [0.717, 1.165) is 9.99 Å². The van der Waals surface area contributed by atoms with E-state index in [1.165, 1.54) is 6.07 Å². The van der Waals surface area contributed by atoms with Gasteiger partial charge in [0.05, 0.1) is 5.02 Å². The van der Waals surface area contributed by atoms with Crippen molar-refractivity contribution >= 4 is 34.2 Å². The third-order valence-electron chi connectivity index (χ3n) is 1.14. The summed E-state index contributed by atoms with van der Waals surface area (Å²) in [6.07, 6.45) is 0. The van der Waals surface area contributed by atoms with Gasteiger partial charge in [-0.3, -0.25) is 0 Å². The first-order valence-electron chi connectivity index (χ1n) is 2.74. The minimum atomic E-state index is -0.337. The van der Waals surface area contributed by atoms with Crippen molar-refractivity contribution in [2.24, 2.45) is 0 Å². The van der Waals surface area contributed by atoms with Crippen molar-refractivity contribution in [1.82, 2.24) is 0 Å². The van der Waals surface area contributed by atoms with Gasteiger partial charge in [0.1, 0.15) is 5.82 Å². The molecule has 0 radical (unpaired) electrons. The third kappa shape index (κ3) is 1.83. The monoisotopic (exact) mass is 270 g/mol. The Morgan fingerprint density at radius 1 is 1.50 bits per heavy atom. The van der Waals surface area contributed by atoms with Crippen LogP contribution >= 0.6 is 34.2 Å². The van der Waals surface area contributed by atoms with E-state index in [2.05, 4.69) is 22.6 Å². The maximum atomic E-state index is 12.6. The lowest BCUT2D eigenvalue weighted by Crippen LogP contribution is -1.80. The highest BCUT2D eigenvalue weighted by molar-refractivity contribution is 14.1. The molecule has 0 bridgehead atoms. The molecule has 1 rings (SSSR count). The van der Waals surface area contributed by atoms with Crippen molar-refractivity contribution in [1.29, 1.82) is 0 Å². The van der Waals surface area contributed by atoms with Crippen LogP contribution < -0.4 is 0 Å². The lowest BCUT2D eigenvalue weighted by atomic mass is 10.2. The topological polar surface area (TPSA) is 0 Å². The summed E-state index contributed by atoms with van der Waals surface area (Å²) in [6, 6.07) is 4.84. The number of alkyl halides is 1. The van der Waals surface area contributed by atoms with Crippen LogP contribution in [0.5, 0.6) is 0 Å². The van der Waals surface area contributed by atoms with Gasteiger partial charge in [0.15, 0.2) is 0 Å². The fourth-order valence-corrected chi connectivity index (χ4v) is 1.21. The van der Waals surface area contributed by atoms with E-state index >= 15 is 0 Å². The Hall–Kier alpha value is 0.170. The minimum Gasteiger partial charge on any atom is -0.205 e. The molecule has 0 nitrogen and oxygen atoms in total. The summed E-state index contributed by atoms with van der Waals surface area (Å²) >= 11 is 7.63. The summed E-state index contributed by atoms with van der Waals surface area (Å²) in [7, 11) is 0. The first-order valence-corrected chi connectivity index (χ1v) is 4.64. The Labute approximate surface area is 77.5 Å². The van der Waals surface area contributed by atoms with Crippen molar-refractivity contribution < 1.29 is 4.39 Å². The first-order chi connectivity index (χ1) is 4.74. The molecule has 0 fully saturated rings. The van der Waals surface area contributed by atoms with Crippen molar-refractivity contribution in [3.63, 3.8) is 0 Å². The van der Waals surface area contributed by atoms with E-state index in [9.17, 15) is 4.39 Å². The number of benzene rings is 1. The van der Waals surface area contributed by atoms with E-state index in [0.29, 0.717) is 0 Å². The first kappa shape index (κ1) is 8.27. The van der Waals surface area contributed by atoms with Crippen LogP contribution in [0.2, 0.25) is 5.02 Å². The molecule has 0 heterocycles. The molecule has 0 N–H and O–H groups in total. The zero-order chi connectivity index (χ0) is 7.56. The molecule has 3 heteroatoms. The molecule has 0 aliphatic carbocycles. The van der Waals surface area contributed by atoms with Crippen LogP contribution in [0.1, 0.15) is 5.56 Å². The number of rotatable bonds is 1. The predicted octanol–water partition coefficient (Wildman–Crippen LogP) is 3.41. The van der Waals surface area contributed by atoms with Crippen LogP contribution in [0.15, 0.2) is 18.2 Å². The summed E-state index contributed by atoms with van der Waals surface area (Å²) < 4.78 is 13.4. The second kappa shape index (κ2) is 3.53. The van der Waals surface area contributed by atoms with Gasteiger partial charge < -0.3 is 0 Å². The van der Waals surface area contributed by atoms with Gasteiger partial charge in [0.2, 0.25) is 0 Å². The normalized spacial score (nSPS) is 9.90. The van der Waals surface area contributed by atoms with E-state index < -0.39 is 0 Å². The Morgan fingerprint density at radius 3 is 2.70 bits per heavy atom. The van der Waals surface area contributed by atoms with E-state index in [1.54, 1.807) is 6.07 Å². The Kier molecular flexibility index (Phi) is 2.92. The molecule has 0 aliphatic heterocycles. The van der Waals surface area contributed by atoms with Crippen molar-refractivity contribution in [2.75, 3.05) is 0 Å². The smallest absolute Gasteiger partial charge is 0.142 e. The van der Waals surface area contributed by atoms with Gasteiger partial charge >= 0.3 is 0 Å². The van der Waals surface area contributed by atoms with Gasteiger partial charge in [-0.1, -0.05) is 40.3 Å². The van der Waals surface area contributed by atoms with Gasteiger partial charge in [0, 0.05) is 4.43 Å². The molecule has 0 amide bonds. The molecule has 0 aliphatic rings. The van der Waals surface area contributed by atoms with Crippen LogP contribution in [0, 0.1) is 5.82 Å². The van der Waals surface area contributed by atoms with Crippen molar-refractivity contribution in [3.8, 4) is 0 Å². The molecule has 0 atom stereocenters. The second-order valence-corrected chi connectivity index (χ2v) is 3.05. The number of hydrogen-bond acceptors (Lipinski definition) is 0. The molecule has 1 aromatic rings. The van der Waals surface area contributed by atoms with E-state index in [-0.39, 0.29) is 10.8 Å². The summed E-state index contributed by atoms with van der Waals surface area (Å²) in [5, 5.41) is 0.189. The molecule has 0 aromatic heterocycles. The number of halogens is 3. The maximum Gasteiger partial charge on any atom is 0.142 e. The molecule has 0 unspecified atom stereocenters. The quantitative estimate of drug-likeness (QED) is 0.542. The predicted molar refractivity (Wildman–Crippen MR) is 49.1 cm³/mol. The highest BCUT2D eigenvalue weighted by Gasteiger charge is 1.98. The van der Waals surface area contributed by atoms with Crippen molar-refractivity contribution in [3.05, 3.63) is 34.6 Å². The minimum absolute atomic E-state index is 0.189. The van der Waals surface area contributed by atoms with Gasteiger partial charge in [-0.25, -0.2) is 4.39 Å². The van der Waals surface area contributed by atoms with Gasteiger partial charge in [-0.05, 0) is 17.7 Å². The molecule has 54 valence electrons. The standard InChI is InChI=1S/C7H5ClFI/c8-6-2-1-5(4-10)3-7(6)9/h1-3H,4H2. The lowest BCUT2D eigenvalue weighted by Gasteiger charge is -1.95. The Morgan fingerprint density at radius 2 is 2.20 bits per heavy atom. The van der Waals surface area contributed by atoms with E-state index in [1.807, 2.05) is 6.07 Å². The van der Waals surface area contributed by atoms with Crippen LogP contribution in [0.25, 0.3) is 0 Å². The van der Waals surface area contributed by atoms with Crippen LogP contribution in [0.3, 0.4) is 0 Å².